The number of hydrogen-bond donors (Lipinski definition) is 1. The van der Waals surface area contributed by atoms with Gasteiger partial charge in [-0.3, -0.25) is 4.79 Å². The van der Waals surface area contributed by atoms with Crippen LogP contribution in [0.5, 0.6) is 0 Å². The van der Waals surface area contributed by atoms with Gasteiger partial charge in [-0.25, -0.2) is 8.42 Å². The lowest BCUT2D eigenvalue weighted by atomic mass is 9.97. The predicted molar refractivity (Wildman–Crippen MR) is 94.1 cm³/mol. The minimum Gasteiger partial charge on any atom is -0.353 e. The van der Waals surface area contributed by atoms with Gasteiger partial charge in [-0.1, -0.05) is 57.8 Å². The second kappa shape index (κ2) is 9.65. The molecule has 1 N–H and O–H groups in total. The fraction of sp³-hybridized carbons (Fsp3) is 0.944. The SMILES string of the molecule is O=C(C[C@H]1CCS(=O)(=O)C1)NC1CCCCCCCCCCC1. The molecule has 1 atom stereocenters. The maximum atomic E-state index is 12.2. The zero-order valence-electron chi connectivity index (χ0n) is 14.4. The summed E-state index contributed by atoms with van der Waals surface area (Å²) in [6.45, 7) is 0. The van der Waals surface area contributed by atoms with Crippen LogP contribution < -0.4 is 5.32 Å². The van der Waals surface area contributed by atoms with Crippen molar-refractivity contribution in [3.63, 3.8) is 0 Å². The number of carbonyl (C=O) groups is 1. The Morgan fingerprint density at radius 3 is 1.83 bits per heavy atom. The minimum atomic E-state index is -2.88. The molecule has 23 heavy (non-hydrogen) atoms. The Morgan fingerprint density at radius 1 is 0.826 bits per heavy atom. The van der Waals surface area contributed by atoms with Crippen LogP contribution in [0.4, 0.5) is 0 Å². The summed E-state index contributed by atoms with van der Waals surface area (Å²) < 4.78 is 23.0. The fourth-order valence-corrected chi connectivity index (χ4v) is 5.75. The van der Waals surface area contributed by atoms with Crippen LogP contribution in [0.15, 0.2) is 0 Å². The molecule has 0 aromatic rings. The van der Waals surface area contributed by atoms with Gasteiger partial charge in [-0.2, -0.15) is 0 Å². The van der Waals surface area contributed by atoms with E-state index < -0.39 is 9.84 Å². The highest BCUT2D eigenvalue weighted by molar-refractivity contribution is 7.91. The van der Waals surface area contributed by atoms with Crippen LogP contribution in [0.25, 0.3) is 0 Å². The molecule has 0 unspecified atom stereocenters. The zero-order chi connectivity index (χ0) is 16.5. The second-order valence-electron chi connectivity index (χ2n) is 7.50. The third-order valence-electron chi connectivity index (χ3n) is 5.27. The lowest BCUT2D eigenvalue weighted by molar-refractivity contribution is -0.122. The average molecular weight is 344 g/mol. The Kier molecular flexibility index (Phi) is 7.87. The number of carbonyl (C=O) groups excluding carboxylic acids is 1. The van der Waals surface area contributed by atoms with Crippen molar-refractivity contribution in [3.8, 4) is 0 Å². The summed E-state index contributed by atoms with van der Waals surface area (Å²) in [4.78, 5) is 12.2. The van der Waals surface area contributed by atoms with Gasteiger partial charge in [0.15, 0.2) is 9.84 Å². The highest BCUT2D eigenvalue weighted by Gasteiger charge is 2.29. The predicted octanol–water partition coefficient (Wildman–Crippen LogP) is 3.60. The summed E-state index contributed by atoms with van der Waals surface area (Å²) in [5.41, 5.74) is 0. The molecular weight excluding hydrogens is 310 g/mol. The Balaban J connectivity index is 1.74. The molecule has 1 aliphatic heterocycles. The maximum absolute atomic E-state index is 12.2. The van der Waals surface area contributed by atoms with Gasteiger partial charge in [0.1, 0.15) is 0 Å². The minimum absolute atomic E-state index is 0.0336. The molecule has 1 saturated heterocycles. The quantitative estimate of drug-likeness (QED) is 0.851. The van der Waals surface area contributed by atoms with Gasteiger partial charge in [-0.15, -0.1) is 0 Å². The molecule has 1 aliphatic carbocycles. The summed E-state index contributed by atoms with van der Waals surface area (Å²) in [5.74, 6) is 0.551. The van der Waals surface area contributed by atoms with Crippen LogP contribution in [-0.2, 0) is 14.6 Å². The van der Waals surface area contributed by atoms with Crippen LogP contribution in [-0.4, -0.2) is 31.9 Å². The number of rotatable bonds is 3. The monoisotopic (exact) mass is 343 g/mol. The zero-order valence-corrected chi connectivity index (χ0v) is 15.2. The summed E-state index contributed by atoms with van der Waals surface area (Å²) in [5, 5.41) is 3.19. The van der Waals surface area contributed by atoms with Gasteiger partial charge in [0.05, 0.1) is 11.5 Å². The molecule has 0 radical (unpaired) electrons. The molecule has 5 heteroatoms. The van der Waals surface area contributed by atoms with Gasteiger partial charge in [0.25, 0.3) is 0 Å². The number of sulfone groups is 1. The standard InChI is InChI=1S/C18H33NO3S/c20-18(14-16-12-13-23(21,22)15-16)19-17-10-8-6-4-2-1-3-5-7-9-11-17/h16-17H,1-15H2,(H,19,20)/t16-/m1/s1. The molecular formula is C18H33NO3S. The topological polar surface area (TPSA) is 63.2 Å². The van der Waals surface area contributed by atoms with Gasteiger partial charge < -0.3 is 5.32 Å². The Bertz CT molecular complexity index is 449. The van der Waals surface area contributed by atoms with E-state index in [-0.39, 0.29) is 23.3 Å². The van der Waals surface area contributed by atoms with Crippen molar-refractivity contribution in [1.82, 2.24) is 5.32 Å². The first-order valence-corrected chi connectivity index (χ1v) is 11.4. The van der Waals surface area contributed by atoms with Crippen molar-refractivity contribution in [2.24, 2.45) is 5.92 Å². The molecule has 0 bridgehead atoms. The highest BCUT2D eigenvalue weighted by atomic mass is 32.2. The Hall–Kier alpha value is -0.580. The molecule has 2 fully saturated rings. The second-order valence-corrected chi connectivity index (χ2v) is 9.73. The molecule has 1 amide bonds. The van der Waals surface area contributed by atoms with Crippen molar-refractivity contribution in [2.75, 3.05) is 11.5 Å². The van der Waals surface area contributed by atoms with Crippen molar-refractivity contribution >= 4 is 15.7 Å². The van der Waals surface area contributed by atoms with Crippen LogP contribution in [0, 0.1) is 5.92 Å². The number of amides is 1. The molecule has 0 aromatic carbocycles. The number of hydrogen-bond acceptors (Lipinski definition) is 3. The van der Waals surface area contributed by atoms with Crippen LogP contribution in [0.2, 0.25) is 0 Å². The molecule has 0 aromatic heterocycles. The molecule has 4 nitrogen and oxygen atoms in total. The molecule has 1 heterocycles. The van der Waals surface area contributed by atoms with E-state index in [0.717, 1.165) is 12.8 Å². The third kappa shape index (κ3) is 7.69. The van der Waals surface area contributed by atoms with Gasteiger partial charge in [-0.05, 0) is 25.2 Å². The first-order valence-electron chi connectivity index (χ1n) is 9.55. The van der Waals surface area contributed by atoms with E-state index >= 15 is 0 Å². The van der Waals surface area contributed by atoms with Crippen molar-refractivity contribution < 1.29 is 13.2 Å². The lowest BCUT2D eigenvalue weighted by Crippen LogP contribution is -2.36. The van der Waals surface area contributed by atoms with Gasteiger partial charge in [0, 0.05) is 12.5 Å². The van der Waals surface area contributed by atoms with Gasteiger partial charge >= 0.3 is 0 Å². The van der Waals surface area contributed by atoms with Crippen molar-refractivity contribution in [1.29, 1.82) is 0 Å². The molecule has 134 valence electrons. The first-order chi connectivity index (χ1) is 11.1. The normalized spacial score (nSPS) is 27.7. The fourth-order valence-electron chi connectivity index (χ4n) is 3.89. The molecule has 2 rings (SSSR count). The van der Waals surface area contributed by atoms with E-state index in [9.17, 15) is 13.2 Å². The highest BCUT2D eigenvalue weighted by Crippen LogP contribution is 2.22. The number of nitrogens with one attached hydrogen (secondary N) is 1. The maximum Gasteiger partial charge on any atom is 0.220 e. The summed E-state index contributed by atoms with van der Waals surface area (Å²) in [6.07, 6.45) is 14.9. The van der Waals surface area contributed by atoms with Gasteiger partial charge in [0.2, 0.25) is 5.91 Å². The van der Waals surface area contributed by atoms with E-state index in [1.807, 2.05) is 0 Å². The lowest BCUT2D eigenvalue weighted by Gasteiger charge is -2.20. The largest absolute Gasteiger partial charge is 0.353 e. The van der Waals surface area contributed by atoms with Crippen LogP contribution >= 0.6 is 0 Å². The Morgan fingerprint density at radius 2 is 1.35 bits per heavy atom. The summed E-state index contributed by atoms with van der Waals surface area (Å²) in [7, 11) is -2.88. The third-order valence-corrected chi connectivity index (χ3v) is 7.11. The average Bonchev–Trinajstić information content (AvgIpc) is 2.80. The van der Waals surface area contributed by atoms with Crippen LogP contribution in [0.3, 0.4) is 0 Å². The van der Waals surface area contributed by atoms with Crippen molar-refractivity contribution in [3.05, 3.63) is 0 Å². The molecule has 1 saturated carbocycles. The van der Waals surface area contributed by atoms with E-state index in [2.05, 4.69) is 5.32 Å². The molecule has 0 spiro atoms. The van der Waals surface area contributed by atoms with E-state index in [0.29, 0.717) is 18.9 Å². The van der Waals surface area contributed by atoms with Crippen LogP contribution in [0.1, 0.15) is 83.5 Å². The van der Waals surface area contributed by atoms with Crippen molar-refractivity contribution in [2.45, 2.75) is 89.5 Å². The first kappa shape index (κ1) is 18.8. The van der Waals surface area contributed by atoms with E-state index in [4.69, 9.17) is 0 Å². The molecule has 2 aliphatic rings. The van der Waals surface area contributed by atoms with E-state index in [1.165, 1.54) is 57.8 Å². The van der Waals surface area contributed by atoms with E-state index in [1.54, 1.807) is 0 Å². The Labute approximate surface area is 141 Å². The summed E-state index contributed by atoms with van der Waals surface area (Å²) in [6, 6.07) is 0.292. The summed E-state index contributed by atoms with van der Waals surface area (Å²) >= 11 is 0. The smallest absolute Gasteiger partial charge is 0.220 e.